The van der Waals surface area contributed by atoms with Gasteiger partial charge in [0.1, 0.15) is 0 Å². The Morgan fingerprint density at radius 3 is 2.43 bits per heavy atom. The summed E-state index contributed by atoms with van der Waals surface area (Å²) in [6.45, 7) is 0. The van der Waals surface area contributed by atoms with Gasteiger partial charge in [-0.05, 0) is 42.4 Å². The van der Waals surface area contributed by atoms with Crippen molar-refractivity contribution in [3.63, 3.8) is 0 Å². The van der Waals surface area contributed by atoms with Crippen LogP contribution in [-0.2, 0) is 6.42 Å². The Morgan fingerprint density at radius 1 is 0.952 bits per heavy atom. The molecule has 1 saturated carbocycles. The predicted octanol–water partition coefficient (Wildman–Crippen LogP) is 4.11. The van der Waals surface area contributed by atoms with Crippen molar-refractivity contribution < 1.29 is 0 Å². The van der Waals surface area contributed by atoms with Gasteiger partial charge in [-0.25, -0.2) is 0 Å². The Bertz CT molecular complexity index is 752. The third-order valence-corrected chi connectivity index (χ3v) is 4.64. The average Bonchev–Trinajstić information content (AvgIpc) is 2.86. The van der Waals surface area contributed by atoms with Crippen LogP contribution in [0.2, 0.25) is 0 Å². The molecule has 0 saturated heterocycles. The molecule has 3 aromatic rings. The topological polar surface area (TPSA) is 41.8 Å². The maximum Gasteiger partial charge on any atom is 0.0497 e. The molecule has 2 heteroatoms. The zero-order valence-electron chi connectivity index (χ0n) is 12.0. The monoisotopic (exact) mass is 276 g/mol. The number of hydrogen-bond donors (Lipinski definition) is 2. The minimum atomic E-state index is 0.417. The maximum absolute atomic E-state index is 5.95. The SMILES string of the molecule is NC1CC(Cc2c(-c3ccccc3)[nH]c3ccccc23)C1. The normalized spacial score (nSPS) is 21.4. The standard InChI is InChI=1S/C19H20N2/c20-15-10-13(11-15)12-17-16-8-4-5-9-18(16)21-19(17)14-6-2-1-3-7-14/h1-9,13,15,21H,10-12,20H2. The van der Waals surface area contributed by atoms with E-state index in [1.807, 2.05) is 0 Å². The second-order valence-electron chi connectivity index (χ2n) is 6.19. The molecule has 21 heavy (non-hydrogen) atoms. The molecule has 1 aromatic heterocycles. The third kappa shape index (κ3) is 2.26. The minimum Gasteiger partial charge on any atom is -0.354 e. The van der Waals surface area contributed by atoms with Crippen molar-refractivity contribution in [2.75, 3.05) is 0 Å². The number of fused-ring (bicyclic) bond motifs is 1. The molecule has 2 aromatic carbocycles. The second-order valence-corrected chi connectivity index (χ2v) is 6.19. The Labute approximate surface area is 125 Å². The number of aromatic amines is 1. The molecular weight excluding hydrogens is 256 g/mol. The van der Waals surface area contributed by atoms with Gasteiger partial charge in [-0.2, -0.15) is 0 Å². The van der Waals surface area contributed by atoms with Crippen LogP contribution in [0.25, 0.3) is 22.2 Å². The molecule has 0 spiro atoms. The summed E-state index contributed by atoms with van der Waals surface area (Å²) < 4.78 is 0. The highest BCUT2D eigenvalue weighted by Crippen LogP contribution is 2.36. The van der Waals surface area contributed by atoms with Crippen LogP contribution in [0.1, 0.15) is 18.4 Å². The molecule has 0 atom stereocenters. The van der Waals surface area contributed by atoms with Crippen molar-refractivity contribution in [2.24, 2.45) is 11.7 Å². The van der Waals surface area contributed by atoms with E-state index < -0.39 is 0 Å². The first-order valence-corrected chi connectivity index (χ1v) is 7.72. The molecule has 0 amide bonds. The van der Waals surface area contributed by atoms with Crippen molar-refractivity contribution in [2.45, 2.75) is 25.3 Å². The van der Waals surface area contributed by atoms with Gasteiger partial charge in [0.25, 0.3) is 0 Å². The lowest BCUT2D eigenvalue weighted by Crippen LogP contribution is -2.37. The van der Waals surface area contributed by atoms with Crippen molar-refractivity contribution in [3.05, 3.63) is 60.2 Å². The summed E-state index contributed by atoms with van der Waals surface area (Å²) in [5.74, 6) is 0.738. The summed E-state index contributed by atoms with van der Waals surface area (Å²) >= 11 is 0. The first kappa shape index (κ1) is 12.7. The first-order chi connectivity index (χ1) is 10.3. The van der Waals surface area contributed by atoms with Crippen LogP contribution >= 0.6 is 0 Å². The van der Waals surface area contributed by atoms with Crippen LogP contribution in [0.5, 0.6) is 0 Å². The third-order valence-electron chi connectivity index (χ3n) is 4.64. The van der Waals surface area contributed by atoms with Gasteiger partial charge in [0.2, 0.25) is 0 Å². The van der Waals surface area contributed by atoms with Crippen molar-refractivity contribution >= 4 is 10.9 Å². The van der Waals surface area contributed by atoms with Crippen molar-refractivity contribution in [1.82, 2.24) is 4.98 Å². The lowest BCUT2D eigenvalue weighted by molar-refractivity contribution is 0.265. The van der Waals surface area contributed by atoms with Gasteiger partial charge < -0.3 is 10.7 Å². The molecule has 0 unspecified atom stereocenters. The summed E-state index contributed by atoms with van der Waals surface area (Å²) in [5, 5.41) is 1.36. The molecule has 0 radical (unpaired) electrons. The van der Waals surface area contributed by atoms with Crippen molar-refractivity contribution in [3.8, 4) is 11.3 Å². The number of aromatic nitrogens is 1. The average molecular weight is 276 g/mol. The van der Waals surface area contributed by atoms with Crippen LogP contribution < -0.4 is 5.73 Å². The van der Waals surface area contributed by atoms with E-state index in [1.54, 1.807) is 0 Å². The first-order valence-electron chi connectivity index (χ1n) is 7.72. The Kier molecular flexibility index (Phi) is 3.04. The van der Waals surface area contributed by atoms with Crippen LogP contribution in [0.15, 0.2) is 54.6 Å². The molecule has 3 N–H and O–H groups in total. The fraction of sp³-hybridized carbons (Fsp3) is 0.263. The summed E-state index contributed by atoms with van der Waals surface area (Å²) in [6, 6.07) is 19.7. The van der Waals surface area contributed by atoms with E-state index in [1.165, 1.54) is 27.7 Å². The van der Waals surface area contributed by atoms with Gasteiger partial charge in [-0.3, -0.25) is 0 Å². The summed E-state index contributed by atoms with van der Waals surface area (Å²) in [6.07, 6.45) is 3.45. The number of nitrogens with two attached hydrogens (primary N) is 1. The van der Waals surface area contributed by atoms with Gasteiger partial charge in [-0.1, -0.05) is 48.5 Å². The van der Waals surface area contributed by atoms with Crippen LogP contribution in [0.3, 0.4) is 0 Å². The highest BCUT2D eigenvalue weighted by atomic mass is 14.7. The van der Waals surface area contributed by atoms with E-state index >= 15 is 0 Å². The predicted molar refractivity (Wildman–Crippen MR) is 88.1 cm³/mol. The van der Waals surface area contributed by atoms with Crippen LogP contribution in [-0.4, -0.2) is 11.0 Å². The zero-order chi connectivity index (χ0) is 14.2. The highest BCUT2D eigenvalue weighted by Gasteiger charge is 2.27. The molecule has 1 heterocycles. The Hall–Kier alpha value is -2.06. The quantitative estimate of drug-likeness (QED) is 0.742. The van der Waals surface area contributed by atoms with E-state index in [0.717, 1.165) is 25.2 Å². The number of nitrogens with one attached hydrogen (secondary N) is 1. The second kappa shape index (κ2) is 5.05. The fourth-order valence-electron chi connectivity index (χ4n) is 3.51. The largest absolute Gasteiger partial charge is 0.354 e. The van der Waals surface area contributed by atoms with Gasteiger partial charge in [-0.15, -0.1) is 0 Å². The Balaban J connectivity index is 1.81. The smallest absolute Gasteiger partial charge is 0.0497 e. The molecule has 106 valence electrons. The van der Waals surface area contributed by atoms with E-state index in [2.05, 4.69) is 59.6 Å². The maximum atomic E-state index is 5.95. The number of H-pyrrole nitrogens is 1. The lowest BCUT2D eigenvalue weighted by atomic mass is 9.76. The van der Waals surface area contributed by atoms with E-state index in [9.17, 15) is 0 Å². The molecule has 0 bridgehead atoms. The van der Waals surface area contributed by atoms with Gasteiger partial charge in [0.15, 0.2) is 0 Å². The van der Waals surface area contributed by atoms with Gasteiger partial charge >= 0.3 is 0 Å². The molecule has 2 nitrogen and oxygen atoms in total. The molecule has 0 aliphatic heterocycles. The number of rotatable bonds is 3. The molecule has 1 aliphatic carbocycles. The molecule has 1 aliphatic rings. The fourth-order valence-corrected chi connectivity index (χ4v) is 3.51. The van der Waals surface area contributed by atoms with E-state index in [4.69, 9.17) is 5.73 Å². The molecule has 4 rings (SSSR count). The van der Waals surface area contributed by atoms with Gasteiger partial charge in [0.05, 0.1) is 0 Å². The number of para-hydroxylation sites is 1. The minimum absolute atomic E-state index is 0.417. The highest BCUT2D eigenvalue weighted by molar-refractivity contribution is 5.90. The summed E-state index contributed by atoms with van der Waals surface area (Å²) in [7, 11) is 0. The van der Waals surface area contributed by atoms with Crippen LogP contribution in [0, 0.1) is 5.92 Å². The molecular formula is C19H20N2. The van der Waals surface area contributed by atoms with E-state index in [0.29, 0.717) is 6.04 Å². The van der Waals surface area contributed by atoms with Gasteiger partial charge in [0, 0.05) is 22.6 Å². The zero-order valence-corrected chi connectivity index (χ0v) is 12.0. The summed E-state index contributed by atoms with van der Waals surface area (Å²) in [4.78, 5) is 3.61. The Morgan fingerprint density at radius 2 is 1.67 bits per heavy atom. The van der Waals surface area contributed by atoms with Crippen molar-refractivity contribution in [1.29, 1.82) is 0 Å². The number of benzene rings is 2. The van der Waals surface area contributed by atoms with E-state index in [-0.39, 0.29) is 0 Å². The lowest BCUT2D eigenvalue weighted by Gasteiger charge is -2.32. The molecule has 1 fully saturated rings. The number of hydrogen-bond acceptors (Lipinski definition) is 1. The van der Waals surface area contributed by atoms with Crippen LogP contribution in [0.4, 0.5) is 0 Å². The summed E-state index contributed by atoms with van der Waals surface area (Å²) in [5.41, 5.74) is 11.2.